The molecule has 0 amide bonds. The van der Waals surface area contributed by atoms with Crippen LogP contribution in [0.2, 0.25) is 0 Å². The van der Waals surface area contributed by atoms with Gasteiger partial charge >= 0.3 is 0 Å². The first-order valence-electron chi connectivity index (χ1n) is 8.66. The second kappa shape index (κ2) is 12.1. The lowest BCUT2D eigenvalue weighted by molar-refractivity contribution is 0.0893. The molecule has 0 N–H and O–H groups in total. The zero-order valence-corrected chi connectivity index (χ0v) is 16.2. The second-order valence-electron chi connectivity index (χ2n) is 6.21. The van der Waals surface area contributed by atoms with Crippen molar-refractivity contribution in [1.82, 2.24) is 0 Å². The number of ether oxygens (including phenoxy) is 4. The Morgan fingerprint density at radius 2 is 1.09 bits per heavy atom. The lowest BCUT2D eigenvalue weighted by atomic mass is 10.0. The van der Waals surface area contributed by atoms with E-state index >= 15 is 0 Å². The molecule has 0 bridgehead atoms. The third kappa shape index (κ3) is 8.77. The predicted octanol–water partition coefficient (Wildman–Crippen LogP) is 5.25. The monoisotopic (exact) mass is 328 g/mol. The van der Waals surface area contributed by atoms with E-state index in [1.807, 2.05) is 0 Å². The van der Waals surface area contributed by atoms with E-state index in [2.05, 4.69) is 41.5 Å². The Balaban J connectivity index is 4.66. The maximum Gasteiger partial charge on any atom is 0.137 e. The third-order valence-electron chi connectivity index (χ3n) is 4.59. The number of rotatable bonds is 12. The Bertz CT molecular complexity index is 328. The molecule has 4 heteroatoms. The Labute approximate surface area is 142 Å². The minimum Gasteiger partial charge on any atom is -0.497 e. The summed E-state index contributed by atoms with van der Waals surface area (Å²) in [5.74, 6) is 2.43. The van der Waals surface area contributed by atoms with Crippen molar-refractivity contribution in [1.29, 1.82) is 0 Å². The maximum atomic E-state index is 5.76. The third-order valence-corrected chi connectivity index (χ3v) is 4.59. The van der Waals surface area contributed by atoms with E-state index < -0.39 is 0 Å². The standard InChI is InChI=1S/C19H36O4/c1-9-14(3)16(5)22-12-18(20-7)11-19(21-8)13-23-17(6)15(4)10-2/h12-17H,9-11H2,1-8H3. The van der Waals surface area contributed by atoms with Crippen molar-refractivity contribution in [3.63, 3.8) is 0 Å². The Morgan fingerprint density at radius 3 is 1.35 bits per heavy atom. The fourth-order valence-corrected chi connectivity index (χ4v) is 1.79. The predicted molar refractivity (Wildman–Crippen MR) is 94.8 cm³/mol. The normalized spacial score (nSPS) is 17.9. The topological polar surface area (TPSA) is 36.9 Å². The molecule has 0 rings (SSSR count). The molecule has 0 aromatic carbocycles. The van der Waals surface area contributed by atoms with E-state index in [0.29, 0.717) is 29.8 Å². The lowest BCUT2D eigenvalue weighted by Gasteiger charge is -2.20. The van der Waals surface area contributed by atoms with Gasteiger partial charge in [-0.25, -0.2) is 0 Å². The molecule has 0 aliphatic carbocycles. The minimum absolute atomic E-state index is 0.154. The van der Waals surface area contributed by atoms with Gasteiger partial charge in [-0.3, -0.25) is 0 Å². The van der Waals surface area contributed by atoms with Crippen LogP contribution >= 0.6 is 0 Å². The summed E-state index contributed by atoms with van der Waals surface area (Å²) in [5, 5.41) is 0. The molecule has 0 fully saturated rings. The lowest BCUT2D eigenvalue weighted by Crippen LogP contribution is -2.15. The van der Waals surface area contributed by atoms with E-state index in [-0.39, 0.29) is 12.2 Å². The summed E-state index contributed by atoms with van der Waals surface area (Å²) in [4.78, 5) is 0. The van der Waals surface area contributed by atoms with Gasteiger partial charge < -0.3 is 18.9 Å². The van der Waals surface area contributed by atoms with Crippen LogP contribution in [0, 0.1) is 11.8 Å². The van der Waals surface area contributed by atoms with Crippen LogP contribution in [0.4, 0.5) is 0 Å². The number of hydrogen-bond acceptors (Lipinski definition) is 4. The number of methoxy groups -OCH3 is 2. The zero-order chi connectivity index (χ0) is 17.8. The van der Waals surface area contributed by atoms with Gasteiger partial charge in [0.15, 0.2) is 0 Å². The van der Waals surface area contributed by atoms with Gasteiger partial charge in [-0.15, -0.1) is 0 Å². The molecule has 0 saturated heterocycles. The maximum absolute atomic E-state index is 5.76. The quantitative estimate of drug-likeness (QED) is 0.458. The minimum atomic E-state index is 0.154. The van der Waals surface area contributed by atoms with Crippen LogP contribution < -0.4 is 0 Å². The summed E-state index contributed by atoms with van der Waals surface area (Å²) in [6.07, 6.45) is 6.35. The largest absolute Gasteiger partial charge is 0.497 e. The summed E-state index contributed by atoms with van der Waals surface area (Å²) in [6, 6.07) is 0. The molecule has 0 aromatic rings. The van der Waals surface area contributed by atoms with Gasteiger partial charge in [0.1, 0.15) is 24.0 Å². The van der Waals surface area contributed by atoms with Gasteiger partial charge in [0, 0.05) is 0 Å². The van der Waals surface area contributed by atoms with Crippen LogP contribution in [0.5, 0.6) is 0 Å². The fourth-order valence-electron chi connectivity index (χ4n) is 1.79. The van der Waals surface area contributed by atoms with Crippen LogP contribution in [0.3, 0.4) is 0 Å². The average molecular weight is 328 g/mol. The molecule has 4 atom stereocenters. The van der Waals surface area contributed by atoms with E-state index in [1.165, 1.54) is 0 Å². The number of hydrogen-bond donors (Lipinski definition) is 0. The fraction of sp³-hybridized carbons (Fsp3) is 0.789. The summed E-state index contributed by atoms with van der Waals surface area (Å²) >= 11 is 0. The van der Waals surface area contributed by atoms with Crippen molar-refractivity contribution in [2.75, 3.05) is 14.2 Å². The summed E-state index contributed by atoms with van der Waals surface area (Å²) < 4.78 is 22.3. The average Bonchev–Trinajstić information content (AvgIpc) is 2.58. The molecule has 23 heavy (non-hydrogen) atoms. The van der Waals surface area contributed by atoms with Gasteiger partial charge in [0.25, 0.3) is 0 Å². The highest BCUT2D eigenvalue weighted by molar-refractivity contribution is 5.02. The molecular formula is C19H36O4. The molecule has 136 valence electrons. The second-order valence-corrected chi connectivity index (χ2v) is 6.21. The first kappa shape index (κ1) is 21.7. The Kier molecular flexibility index (Phi) is 11.4. The van der Waals surface area contributed by atoms with Gasteiger partial charge in [-0.05, 0) is 25.7 Å². The van der Waals surface area contributed by atoms with Crippen molar-refractivity contribution in [3.05, 3.63) is 24.0 Å². The van der Waals surface area contributed by atoms with Crippen LogP contribution in [0.25, 0.3) is 0 Å². The van der Waals surface area contributed by atoms with E-state index in [9.17, 15) is 0 Å². The van der Waals surface area contributed by atoms with E-state index in [4.69, 9.17) is 18.9 Å². The van der Waals surface area contributed by atoms with Crippen LogP contribution in [-0.4, -0.2) is 26.4 Å². The summed E-state index contributed by atoms with van der Waals surface area (Å²) in [7, 11) is 3.28. The SMILES string of the molecule is CCC(C)C(C)OC=C(CC(=COC(C)C(C)CC)OC)OC. The van der Waals surface area contributed by atoms with Gasteiger partial charge in [0.05, 0.1) is 32.8 Å². The molecule has 0 aromatic heterocycles. The Morgan fingerprint density at radius 1 is 0.739 bits per heavy atom. The van der Waals surface area contributed by atoms with Gasteiger partial charge in [-0.1, -0.05) is 40.5 Å². The highest BCUT2D eigenvalue weighted by Gasteiger charge is 2.13. The Hall–Kier alpha value is -1.32. The highest BCUT2D eigenvalue weighted by atomic mass is 16.5. The highest BCUT2D eigenvalue weighted by Crippen LogP contribution is 2.18. The van der Waals surface area contributed by atoms with E-state index in [1.54, 1.807) is 26.7 Å². The van der Waals surface area contributed by atoms with Crippen molar-refractivity contribution in [2.24, 2.45) is 11.8 Å². The first-order chi connectivity index (χ1) is 10.9. The van der Waals surface area contributed by atoms with Crippen LogP contribution in [0.1, 0.15) is 60.8 Å². The van der Waals surface area contributed by atoms with Crippen LogP contribution in [0.15, 0.2) is 24.0 Å². The van der Waals surface area contributed by atoms with Crippen molar-refractivity contribution < 1.29 is 18.9 Å². The zero-order valence-electron chi connectivity index (χ0n) is 16.2. The smallest absolute Gasteiger partial charge is 0.137 e. The van der Waals surface area contributed by atoms with Crippen molar-refractivity contribution >= 4 is 0 Å². The molecular weight excluding hydrogens is 292 g/mol. The molecule has 4 nitrogen and oxygen atoms in total. The van der Waals surface area contributed by atoms with Crippen LogP contribution in [-0.2, 0) is 18.9 Å². The molecule has 0 saturated carbocycles. The summed E-state index contributed by atoms with van der Waals surface area (Å²) in [6.45, 7) is 12.8. The van der Waals surface area contributed by atoms with Gasteiger partial charge in [-0.2, -0.15) is 0 Å². The summed E-state index contributed by atoms with van der Waals surface area (Å²) in [5.41, 5.74) is 0. The molecule has 0 aliphatic heterocycles. The van der Waals surface area contributed by atoms with Crippen molar-refractivity contribution in [3.8, 4) is 0 Å². The van der Waals surface area contributed by atoms with Crippen molar-refractivity contribution in [2.45, 2.75) is 73.0 Å². The molecule has 0 aliphatic rings. The molecule has 4 unspecified atom stereocenters. The first-order valence-corrected chi connectivity index (χ1v) is 8.66. The van der Waals surface area contributed by atoms with Gasteiger partial charge in [0.2, 0.25) is 0 Å². The molecule has 0 spiro atoms. The molecule has 0 radical (unpaired) electrons. The van der Waals surface area contributed by atoms with E-state index in [0.717, 1.165) is 12.8 Å². The molecule has 0 heterocycles.